The summed E-state index contributed by atoms with van der Waals surface area (Å²) in [5.74, 6) is 1.20. The van der Waals surface area contributed by atoms with Gasteiger partial charge in [-0.05, 0) is 102 Å². The van der Waals surface area contributed by atoms with Crippen molar-refractivity contribution in [3.05, 3.63) is 129 Å². The van der Waals surface area contributed by atoms with E-state index in [1.54, 1.807) is 0 Å². The minimum atomic E-state index is 0.398. The summed E-state index contributed by atoms with van der Waals surface area (Å²) in [5.41, 5.74) is 25.6. The third kappa shape index (κ3) is 18.3. The van der Waals surface area contributed by atoms with E-state index in [1.165, 1.54) is 224 Å². The molecule has 4 rings (SSSR count). The zero-order chi connectivity index (χ0) is 44.2. The minimum Gasteiger partial charge on any atom is -0.399 e. The second-order valence-corrected chi connectivity index (χ2v) is 19.4. The Morgan fingerprint density at radius 2 is 0.548 bits per heavy atom. The van der Waals surface area contributed by atoms with Gasteiger partial charge in [0.2, 0.25) is 0 Å². The van der Waals surface area contributed by atoms with Crippen LogP contribution in [0.25, 0.3) is 0 Å². The number of aryl methyl sites for hydroxylation is 2. The van der Waals surface area contributed by atoms with Crippen LogP contribution in [0.5, 0.6) is 0 Å². The molecule has 0 amide bonds. The van der Waals surface area contributed by atoms with Gasteiger partial charge in [-0.15, -0.1) is 0 Å². The number of hydrogen-bond acceptors (Lipinski definition) is 2. The summed E-state index contributed by atoms with van der Waals surface area (Å²) in [4.78, 5) is 0. The molecule has 2 atom stereocenters. The predicted octanol–water partition coefficient (Wildman–Crippen LogP) is 18.8. The lowest BCUT2D eigenvalue weighted by Gasteiger charge is -2.24. The fourth-order valence-electron chi connectivity index (χ4n) is 10.3. The van der Waals surface area contributed by atoms with Crippen molar-refractivity contribution in [1.82, 2.24) is 0 Å². The van der Waals surface area contributed by atoms with Crippen LogP contribution in [0.1, 0.15) is 263 Å². The fraction of sp³-hybridized carbons (Fsp3) is 0.600. The van der Waals surface area contributed by atoms with E-state index in [2.05, 4.69) is 120 Å². The highest BCUT2D eigenvalue weighted by molar-refractivity contribution is 5.50. The van der Waals surface area contributed by atoms with Crippen LogP contribution in [-0.2, 0) is 0 Å². The molecule has 0 fully saturated rings. The van der Waals surface area contributed by atoms with E-state index < -0.39 is 0 Å². The first-order chi connectivity index (χ1) is 30.4. The van der Waals surface area contributed by atoms with Gasteiger partial charge in [0, 0.05) is 29.1 Å². The first kappa shape index (κ1) is 51.1. The Bertz CT molecular complexity index is 1620. The number of nitrogen functional groups attached to an aromatic ring is 2. The van der Waals surface area contributed by atoms with Gasteiger partial charge in [-0.25, -0.2) is 0 Å². The highest BCUT2D eigenvalue weighted by Gasteiger charge is 2.21. The summed E-state index contributed by atoms with van der Waals surface area (Å²) < 4.78 is 0. The van der Waals surface area contributed by atoms with Crippen LogP contribution >= 0.6 is 0 Å². The summed E-state index contributed by atoms with van der Waals surface area (Å²) in [6.45, 7) is 11.4. The minimum absolute atomic E-state index is 0.398. The van der Waals surface area contributed by atoms with E-state index in [-0.39, 0.29) is 0 Å². The number of anilines is 2. The summed E-state index contributed by atoms with van der Waals surface area (Å²) in [5, 5.41) is 0. The first-order valence-electron chi connectivity index (χ1n) is 26.3. The largest absolute Gasteiger partial charge is 0.399 e. The van der Waals surface area contributed by atoms with Crippen LogP contribution in [0.4, 0.5) is 11.4 Å². The van der Waals surface area contributed by atoms with Gasteiger partial charge in [0.1, 0.15) is 0 Å². The van der Waals surface area contributed by atoms with Gasteiger partial charge in [0.15, 0.2) is 0 Å². The Morgan fingerprint density at radius 3 is 0.823 bits per heavy atom. The average molecular weight is 841 g/mol. The van der Waals surface area contributed by atoms with Crippen molar-refractivity contribution in [1.29, 1.82) is 0 Å². The molecule has 2 unspecified atom stereocenters. The van der Waals surface area contributed by atoms with Crippen LogP contribution in [0.2, 0.25) is 0 Å². The highest BCUT2D eigenvalue weighted by atomic mass is 14.5. The molecule has 0 heterocycles. The molecular weight excluding hydrogens is 749 g/mol. The monoisotopic (exact) mass is 841 g/mol. The number of unbranched alkanes of at least 4 members (excludes halogenated alkanes) is 22. The Kier molecular flexibility index (Phi) is 25.2. The van der Waals surface area contributed by atoms with Crippen molar-refractivity contribution in [3.8, 4) is 0 Å². The van der Waals surface area contributed by atoms with E-state index in [0.717, 1.165) is 11.4 Å². The highest BCUT2D eigenvalue weighted by Crippen LogP contribution is 2.38. The van der Waals surface area contributed by atoms with Gasteiger partial charge in [-0.1, -0.05) is 242 Å². The fourth-order valence-corrected chi connectivity index (χ4v) is 10.3. The van der Waals surface area contributed by atoms with Crippen molar-refractivity contribution in [3.63, 3.8) is 0 Å². The SMILES string of the molecule is CCCCCCCCCCCC(c1ccc(C(CCCCCCCCCC)c2ccc(N)cc2C)cc1)c1ccc(C(CCCCCCCCCC)c2ccc(N)cc2C)cc1. The van der Waals surface area contributed by atoms with Gasteiger partial charge in [0.25, 0.3) is 0 Å². The molecule has 0 saturated carbocycles. The molecule has 4 N–H and O–H groups in total. The van der Waals surface area contributed by atoms with E-state index in [1.807, 2.05) is 0 Å². The summed E-state index contributed by atoms with van der Waals surface area (Å²) in [6.07, 6.45) is 37.5. The normalized spacial score (nSPS) is 13.0. The Morgan fingerprint density at radius 1 is 0.306 bits per heavy atom. The summed E-state index contributed by atoms with van der Waals surface area (Å²) in [7, 11) is 0. The number of nitrogens with two attached hydrogens (primary N) is 2. The number of rotatable bonds is 34. The molecule has 0 aliphatic carbocycles. The molecule has 0 aliphatic heterocycles. The summed E-state index contributed by atoms with van der Waals surface area (Å²) >= 11 is 0. The van der Waals surface area contributed by atoms with Crippen molar-refractivity contribution in [2.45, 2.75) is 232 Å². The quantitative estimate of drug-likeness (QED) is 0.0364. The van der Waals surface area contributed by atoms with Gasteiger partial charge >= 0.3 is 0 Å². The first-order valence-corrected chi connectivity index (χ1v) is 26.3. The molecule has 62 heavy (non-hydrogen) atoms. The molecule has 0 saturated heterocycles. The molecule has 4 aromatic carbocycles. The van der Waals surface area contributed by atoms with Crippen LogP contribution < -0.4 is 11.5 Å². The zero-order valence-corrected chi connectivity index (χ0v) is 40.8. The lowest BCUT2D eigenvalue weighted by Crippen LogP contribution is -2.07. The second kappa shape index (κ2) is 30.5. The molecular formula is C60H92N2. The molecule has 0 aromatic heterocycles. The molecule has 2 heteroatoms. The van der Waals surface area contributed by atoms with Gasteiger partial charge in [0.05, 0.1) is 0 Å². The lowest BCUT2D eigenvalue weighted by molar-refractivity contribution is 0.544. The number of benzene rings is 4. The van der Waals surface area contributed by atoms with Gasteiger partial charge in [-0.2, -0.15) is 0 Å². The zero-order valence-electron chi connectivity index (χ0n) is 40.8. The molecule has 342 valence electrons. The Hall–Kier alpha value is -3.52. The maximum absolute atomic E-state index is 6.27. The van der Waals surface area contributed by atoms with E-state index in [9.17, 15) is 0 Å². The van der Waals surface area contributed by atoms with Gasteiger partial charge in [-0.3, -0.25) is 0 Å². The van der Waals surface area contributed by atoms with Crippen molar-refractivity contribution < 1.29 is 0 Å². The Balaban J connectivity index is 1.54. The molecule has 0 bridgehead atoms. The van der Waals surface area contributed by atoms with Crippen molar-refractivity contribution >= 4 is 11.4 Å². The molecule has 0 spiro atoms. The average Bonchev–Trinajstić information content (AvgIpc) is 3.27. The third-order valence-corrected chi connectivity index (χ3v) is 14.1. The van der Waals surface area contributed by atoms with Crippen LogP contribution in [0.3, 0.4) is 0 Å². The van der Waals surface area contributed by atoms with Crippen LogP contribution in [-0.4, -0.2) is 0 Å². The molecule has 0 radical (unpaired) electrons. The maximum Gasteiger partial charge on any atom is 0.0316 e. The molecule has 0 aliphatic rings. The molecule has 4 aromatic rings. The summed E-state index contributed by atoms with van der Waals surface area (Å²) in [6, 6.07) is 33.0. The standard InChI is InChI=1S/C60H92N2/c1-6-9-12-15-18-21-24-25-28-31-58(50-34-38-52(39-35-50)59(56-44-42-54(61)46-48(56)4)32-29-26-22-19-16-13-10-7-2)51-36-40-53(41-37-51)60(57-45-43-55(62)47-49(57)5)33-30-27-23-20-17-14-11-8-3/h34-47,58-60H,6-33,61-62H2,1-5H3. The third-order valence-electron chi connectivity index (χ3n) is 14.1. The maximum atomic E-state index is 6.27. The van der Waals surface area contributed by atoms with Gasteiger partial charge < -0.3 is 11.5 Å². The van der Waals surface area contributed by atoms with Crippen LogP contribution in [0.15, 0.2) is 84.9 Å². The van der Waals surface area contributed by atoms with E-state index in [4.69, 9.17) is 11.5 Å². The van der Waals surface area contributed by atoms with Crippen LogP contribution in [0, 0.1) is 13.8 Å². The molecule has 2 nitrogen and oxygen atoms in total. The van der Waals surface area contributed by atoms with Crippen molar-refractivity contribution in [2.75, 3.05) is 11.5 Å². The lowest BCUT2D eigenvalue weighted by atomic mass is 9.80. The topological polar surface area (TPSA) is 52.0 Å². The van der Waals surface area contributed by atoms with E-state index in [0.29, 0.717) is 17.8 Å². The number of hydrogen-bond donors (Lipinski definition) is 2. The van der Waals surface area contributed by atoms with Crippen molar-refractivity contribution in [2.24, 2.45) is 0 Å². The van der Waals surface area contributed by atoms with E-state index >= 15 is 0 Å². The predicted molar refractivity (Wildman–Crippen MR) is 276 cm³/mol. The Labute approximate surface area is 382 Å². The smallest absolute Gasteiger partial charge is 0.0316 e. The second-order valence-electron chi connectivity index (χ2n) is 19.4.